The Hall–Kier alpha value is -4.55. The zero-order valence-corrected chi connectivity index (χ0v) is 19.8. The van der Waals surface area contributed by atoms with Crippen molar-refractivity contribution in [3.05, 3.63) is 83.2 Å². The lowest BCUT2D eigenvalue weighted by Gasteiger charge is -2.28. The molecule has 13 heteroatoms. The minimum atomic E-state index is -5.05. The van der Waals surface area contributed by atoms with E-state index in [4.69, 9.17) is 5.11 Å². The number of carbonyl (C=O) groups excluding carboxylic acids is 2. The van der Waals surface area contributed by atoms with Gasteiger partial charge in [-0.3, -0.25) is 4.79 Å². The van der Waals surface area contributed by atoms with Crippen molar-refractivity contribution in [2.24, 2.45) is 0 Å². The fraction of sp³-hybridized carbons (Fsp3) is 0.200. The summed E-state index contributed by atoms with van der Waals surface area (Å²) in [5.74, 6) is -4.27. The summed E-state index contributed by atoms with van der Waals surface area (Å²) in [6.07, 6.45) is -3.84. The van der Waals surface area contributed by atoms with Crippen LogP contribution in [0.4, 0.5) is 43.8 Å². The fourth-order valence-corrected chi connectivity index (χ4v) is 3.92. The van der Waals surface area contributed by atoms with Gasteiger partial charge in [0.25, 0.3) is 5.91 Å². The number of pyridine rings is 1. The number of nitrogens with one attached hydrogen (secondary N) is 1. The maximum Gasteiger partial charge on any atom is 0.419 e. The van der Waals surface area contributed by atoms with Crippen LogP contribution in [-0.2, 0) is 17.5 Å². The van der Waals surface area contributed by atoms with Gasteiger partial charge in [0.05, 0.1) is 29.7 Å². The van der Waals surface area contributed by atoms with Gasteiger partial charge in [-0.05, 0) is 61.9 Å². The Kier molecular flexibility index (Phi) is 6.55. The van der Waals surface area contributed by atoms with Crippen LogP contribution < -0.4 is 10.2 Å². The Labute approximate surface area is 212 Å². The molecule has 0 unspecified atom stereocenters. The van der Waals surface area contributed by atoms with Crippen LogP contribution in [-0.4, -0.2) is 38.4 Å². The number of rotatable bonds is 6. The van der Waals surface area contributed by atoms with Crippen LogP contribution in [0.5, 0.6) is 0 Å². The molecule has 2 N–H and O–H groups in total. The van der Waals surface area contributed by atoms with Crippen molar-refractivity contribution >= 4 is 35.0 Å². The minimum absolute atomic E-state index is 0.172. The number of hydrogen-bond acceptors (Lipinski definition) is 5. The molecule has 1 fully saturated rings. The molecule has 2 heterocycles. The number of anilines is 3. The van der Waals surface area contributed by atoms with Crippen LogP contribution in [0.2, 0.25) is 0 Å². The number of aromatic nitrogens is 1. The van der Waals surface area contributed by atoms with Gasteiger partial charge < -0.3 is 15.3 Å². The van der Waals surface area contributed by atoms with E-state index >= 15 is 0 Å². The van der Waals surface area contributed by atoms with Gasteiger partial charge in [0.2, 0.25) is 0 Å². The molecule has 2 aromatic carbocycles. The Bertz CT molecular complexity index is 1440. The first-order valence-corrected chi connectivity index (χ1v) is 11.0. The van der Waals surface area contributed by atoms with E-state index in [1.54, 1.807) is 0 Å². The highest BCUT2D eigenvalue weighted by Gasteiger charge is 2.52. The minimum Gasteiger partial charge on any atom is -0.477 e. The zero-order valence-electron chi connectivity index (χ0n) is 19.8. The lowest BCUT2D eigenvalue weighted by Crippen LogP contribution is -2.43. The predicted molar refractivity (Wildman–Crippen MR) is 125 cm³/mol. The Morgan fingerprint density at radius 2 is 1.76 bits per heavy atom. The molecule has 1 saturated heterocycles. The smallest absolute Gasteiger partial charge is 0.419 e. The summed E-state index contributed by atoms with van der Waals surface area (Å²) in [6.45, 7) is 2.53. The van der Waals surface area contributed by atoms with Crippen LogP contribution >= 0.6 is 0 Å². The maximum atomic E-state index is 14.1. The van der Waals surface area contributed by atoms with Crippen LogP contribution in [0.1, 0.15) is 35.5 Å². The predicted octanol–water partition coefficient (Wildman–Crippen LogP) is 5.57. The van der Waals surface area contributed by atoms with E-state index in [0.29, 0.717) is 28.3 Å². The topological polar surface area (TPSA) is 103 Å². The van der Waals surface area contributed by atoms with E-state index in [-0.39, 0.29) is 17.9 Å². The Morgan fingerprint density at radius 3 is 2.37 bits per heavy atom. The van der Waals surface area contributed by atoms with Crippen molar-refractivity contribution in [2.45, 2.75) is 32.1 Å². The van der Waals surface area contributed by atoms with Gasteiger partial charge in [-0.25, -0.2) is 28.3 Å². The molecule has 38 heavy (non-hydrogen) atoms. The van der Waals surface area contributed by atoms with Crippen LogP contribution in [0.25, 0.3) is 0 Å². The second-order valence-electron chi connectivity index (χ2n) is 8.89. The lowest BCUT2D eigenvalue weighted by molar-refractivity contribution is -0.140. The number of benzene rings is 2. The first-order chi connectivity index (χ1) is 17.7. The number of halogens is 5. The number of carboxylic acids is 1. The summed E-state index contributed by atoms with van der Waals surface area (Å²) >= 11 is 0. The van der Waals surface area contributed by atoms with Crippen molar-refractivity contribution in [3.8, 4) is 0 Å². The molecule has 0 radical (unpaired) electrons. The van der Waals surface area contributed by atoms with Crippen molar-refractivity contribution in [2.75, 3.05) is 10.2 Å². The molecule has 0 atom stereocenters. The average Bonchev–Trinajstić information content (AvgIpc) is 3.00. The van der Waals surface area contributed by atoms with E-state index in [2.05, 4.69) is 10.3 Å². The van der Waals surface area contributed by atoms with E-state index in [0.717, 1.165) is 23.1 Å². The number of nitrogens with zero attached hydrogens (tertiary/aromatic N) is 3. The van der Waals surface area contributed by atoms with E-state index in [1.807, 2.05) is 0 Å². The quantitative estimate of drug-likeness (QED) is 0.317. The SMILES string of the molecule is CC1(C)C(=O)N(c2ccc(F)c(C(F)(F)F)c2)C(=O)N1Cc1ccc(F)cc1Nc1ccc(C(=O)O)nc1. The van der Waals surface area contributed by atoms with E-state index in [1.165, 1.54) is 38.2 Å². The molecule has 8 nitrogen and oxygen atoms in total. The monoisotopic (exact) mass is 534 g/mol. The molecule has 0 spiro atoms. The third kappa shape index (κ3) is 4.86. The normalized spacial score (nSPS) is 15.2. The van der Waals surface area contributed by atoms with Crippen LogP contribution in [0.3, 0.4) is 0 Å². The van der Waals surface area contributed by atoms with Crippen LogP contribution in [0.15, 0.2) is 54.7 Å². The van der Waals surface area contributed by atoms with Crippen molar-refractivity contribution in [3.63, 3.8) is 0 Å². The van der Waals surface area contributed by atoms with Gasteiger partial charge in [-0.1, -0.05) is 6.07 Å². The number of carbonyl (C=O) groups is 3. The third-order valence-corrected chi connectivity index (χ3v) is 6.00. The number of amides is 3. The highest BCUT2D eigenvalue weighted by atomic mass is 19.4. The van der Waals surface area contributed by atoms with Crippen molar-refractivity contribution in [1.29, 1.82) is 0 Å². The second kappa shape index (κ2) is 9.39. The summed E-state index contributed by atoms with van der Waals surface area (Å²) in [4.78, 5) is 42.9. The summed E-state index contributed by atoms with van der Waals surface area (Å²) in [6, 6.07) is 7.08. The average molecular weight is 534 g/mol. The van der Waals surface area contributed by atoms with Crippen molar-refractivity contribution in [1.82, 2.24) is 9.88 Å². The van der Waals surface area contributed by atoms with Gasteiger partial charge in [-0.15, -0.1) is 0 Å². The number of aromatic carboxylic acids is 1. The van der Waals surface area contributed by atoms with Crippen LogP contribution in [0, 0.1) is 11.6 Å². The highest BCUT2D eigenvalue weighted by Crippen LogP contribution is 2.38. The largest absolute Gasteiger partial charge is 0.477 e. The summed E-state index contributed by atoms with van der Waals surface area (Å²) in [5.41, 5.74) is -3.01. The second-order valence-corrected chi connectivity index (χ2v) is 8.89. The third-order valence-electron chi connectivity index (χ3n) is 6.00. The first-order valence-electron chi connectivity index (χ1n) is 11.0. The molecule has 0 saturated carbocycles. The fourth-order valence-electron chi connectivity index (χ4n) is 3.92. The number of urea groups is 1. The van der Waals surface area contributed by atoms with Gasteiger partial charge in [0.15, 0.2) is 0 Å². The standard InChI is InChI=1S/C25H19F5N4O4/c1-24(2)22(37)34(16-6-7-18(27)17(10-16)25(28,29)30)23(38)33(24)12-13-3-4-14(26)9-20(13)32-15-5-8-19(21(35)36)31-11-15/h3-11,32H,12H2,1-2H3,(H,35,36). The van der Waals surface area contributed by atoms with Crippen molar-refractivity contribution < 1.29 is 41.4 Å². The molecule has 4 rings (SSSR count). The molecule has 1 aliphatic rings. The number of alkyl halides is 3. The molecular weight excluding hydrogens is 515 g/mol. The number of imide groups is 1. The van der Waals surface area contributed by atoms with Gasteiger partial charge in [-0.2, -0.15) is 13.2 Å². The molecule has 0 aliphatic carbocycles. The molecule has 1 aromatic heterocycles. The Balaban J connectivity index is 1.67. The first kappa shape index (κ1) is 26.5. The molecular formula is C25H19F5N4O4. The summed E-state index contributed by atoms with van der Waals surface area (Å²) < 4.78 is 67.6. The van der Waals surface area contributed by atoms with Gasteiger partial charge in [0, 0.05) is 5.69 Å². The van der Waals surface area contributed by atoms with E-state index in [9.17, 15) is 36.3 Å². The molecule has 198 valence electrons. The lowest BCUT2D eigenvalue weighted by atomic mass is 10.0. The number of carboxylic acid groups (broad SMARTS) is 1. The van der Waals surface area contributed by atoms with E-state index < -0.39 is 52.5 Å². The Morgan fingerprint density at radius 1 is 1.05 bits per heavy atom. The molecule has 1 aliphatic heterocycles. The molecule has 3 amide bonds. The zero-order chi connectivity index (χ0) is 28.0. The van der Waals surface area contributed by atoms with Gasteiger partial charge in [0.1, 0.15) is 22.9 Å². The summed E-state index contributed by atoms with van der Waals surface area (Å²) in [7, 11) is 0. The molecule has 0 bridgehead atoms. The van der Waals surface area contributed by atoms with Gasteiger partial charge >= 0.3 is 18.2 Å². The number of hydrogen-bond donors (Lipinski definition) is 2. The highest BCUT2D eigenvalue weighted by molar-refractivity contribution is 6.23. The maximum absolute atomic E-state index is 14.1. The molecule has 3 aromatic rings. The summed E-state index contributed by atoms with van der Waals surface area (Å²) in [5, 5.41) is 11.9.